The van der Waals surface area contributed by atoms with Gasteiger partial charge >= 0.3 is 0 Å². The fourth-order valence-electron chi connectivity index (χ4n) is 0.826. The van der Waals surface area contributed by atoms with E-state index in [4.69, 9.17) is 10.8 Å². The molecule has 0 saturated carbocycles. The highest BCUT2D eigenvalue weighted by Crippen LogP contribution is 1.93. The summed E-state index contributed by atoms with van der Waals surface area (Å²) in [6, 6.07) is 5.43. The Morgan fingerprint density at radius 2 is 2.46 bits per heavy atom. The molecule has 70 valence electrons. The maximum Gasteiger partial charge on any atom is 0.144 e. The lowest BCUT2D eigenvalue weighted by atomic mass is 10.3. The Hall–Kier alpha value is -1.42. The minimum Gasteiger partial charge on any atom is -0.391 e. The smallest absolute Gasteiger partial charge is 0.144 e. The Labute approximate surface area is 77.1 Å². The zero-order valence-corrected chi connectivity index (χ0v) is 7.51. The predicted molar refractivity (Wildman–Crippen MR) is 51.5 cm³/mol. The summed E-state index contributed by atoms with van der Waals surface area (Å²) >= 11 is 0. The third-order valence-electron chi connectivity index (χ3n) is 1.45. The SMILES string of the molecule is CC(O)CN=C(N)c1ccccn1. The van der Waals surface area contributed by atoms with Gasteiger partial charge in [0.05, 0.1) is 12.6 Å². The summed E-state index contributed by atoms with van der Waals surface area (Å²) in [5, 5.41) is 8.97. The van der Waals surface area contributed by atoms with Crippen molar-refractivity contribution in [2.75, 3.05) is 6.54 Å². The van der Waals surface area contributed by atoms with Gasteiger partial charge in [-0.05, 0) is 19.1 Å². The number of aliphatic imine (C=N–C) groups is 1. The molecule has 1 rings (SSSR count). The lowest BCUT2D eigenvalue weighted by Crippen LogP contribution is -2.17. The van der Waals surface area contributed by atoms with Crippen LogP contribution >= 0.6 is 0 Å². The molecule has 0 saturated heterocycles. The third kappa shape index (κ3) is 3.21. The van der Waals surface area contributed by atoms with Crippen molar-refractivity contribution >= 4 is 5.84 Å². The van der Waals surface area contributed by atoms with Crippen molar-refractivity contribution in [3.8, 4) is 0 Å². The fraction of sp³-hybridized carbons (Fsp3) is 0.333. The number of amidine groups is 1. The number of nitrogens with zero attached hydrogens (tertiary/aromatic N) is 2. The van der Waals surface area contributed by atoms with Crippen LogP contribution in [0.5, 0.6) is 0 Å². The molecule has 0 spiro atoms. The molecule has 4 nitrogen and oxygen atoms in total. The van der Waals surface area contributed by atoms with E-state index in [1.807, 2.05) is 12.1 Å². The van der Waals surface area contributed by atoms with Crippen LogP contribution < -0.4 is 5.73 Å². The highest BCUT2D eigenvalue weighted by atomic mass is 16.3. The number of hydrogen-bond acceptors (Lipinski definition) is 3. The van der Waals surface area contributed by atoms with E-state index in [9.17, 15) is 0 Å². The normalized spacial score (nSPS) is 14.2. The van der Waals surface area contributed by atoms with E-state index < -0.39 is 6.10 Å². The van der Waals surface area contributed by atoms with Gasteiger partial charge in [-0.1, -0.05) is 6.07 Å². The van der Waals surface area contributed by atoms with Gasteiger partial charge < -0.3 is 10.8 Å². The van der Waals surface area contributed by atoms with Crippen molar-refractivity contribution < 1.29 is 5.11 Å². The molecule has 1 aromatic rings. The monoisotopic (exact) mass is 179 g/mol. The Morgan fingerprint density at radius 3 is 3.00 bits per heavy atom. The molecule has 13 heavy (non-hydrogen) atoms. The molecule has 0 aliphatic carbocycles. The molecule has 0 bridgehead atoms. The summed E-state index contributed by atoms with van der Waals surface area (Å²) in [6.45, 7) is 1.97. The maximum absolute atomic E-state index is 8.97. The van der Waals surface area contributed by atoms with Gasteiger partial charge in [0, 0.05) is 6.20 Å². The second kappa shape index (κ2) is 4.57. The first-order valence-electron chi connectivity index (χ1n) is 4.09. The fourth-order valence-corrected chi connectivity index (χ4v) is 0.826. The first-order valence-corrected chi connectivity index (χ1v) is 4.09. The molecule has 3 N–H and O–H groups in total. The molecule has 0 fully saturated rings. The summed E-state index contributed by atoms with van der Waals surface area (Å²) in [5.74, 6) is 0.363. The standard InChI is InChI=1S/C9H13N3O/c1-7(13)6-12-9(10)8-4-2-3-5-11-8/h2-5,7,13H,6H2,1H3,(H2,10,12). The number of nitrogens with two attached hydrogens (primary N) is 1. The summed E-state index contributed by atoms with van der Waals surface area (Å²) in [4.78, 5) is 8.00. The van der Waals surface area contributed by atoms with E-state index in [0.29, 0.717) is 18.1 Å². The number of hydrogen-bond donors (Lipinski definition) is 2. The predicted octanol–water partition coefficient (Wildman–Crippen LogP) is 0.168. The Morgan fingerprint density at radius 1 is 1.69 bits per heavy atom. The van der Waals surface area contributed by atoms with Gasteiger partial charge in [-0.2, -0.15) is 0 Å². The van der Waals surface area contributed by atoms with Crippen molar-refractivity contribution in [2.45, 2.75) is 13.0 Å². The summed E-state index contributed by atoms with van der Waals surface area (Å²) < 4.78 is 0. The van der Waals surface area contributed by atoms with E-state index in [1.54, 1.807) is 19.2 Å². The zero-order valence-electron chi connectivity index (χ0n) is 7.51. The average Bonchev–Trinajstić information content (AvgIpc) is 2.15. The van der Waals surface area contributed by atoms with E-state index >= 15 is 0 Å². The molecule has 0 aliphatic heterocycles. The van der Waals surface area contributed by atoms with Gasteiger partial charge in [-0.15, -0.1) is 0 Å². The first kappa shape index (κ1) is 9.67. The molecular weight excluding hydrogens is 166 g/mol. The van der Waals surface area contributed by atoms with E-state index in [0.717, 1.165) is 0 Å². The van der Waals surface area contributed by atoms with E-state index in [-0.39, 0.29) is 0 Å². The van der Waals surface area contributed by atoms with Crippen LogP contribution in [0.2, 0.25) is 0 Å². The first-order chi connectivity index (χ1) is 6.20. The van der Waals surface area contributed by atoms with Crippen molar-refractivity contribution in [2.24, 2.45) is 10.7 Å². The summed E-state index contributed by atoms with van der Waals surface area (Å²) in [5.41, 5.74) is 6.26. The van der Waals surface area contributed by atoms with Gasteiger partial charge in [0.25, 0.3) is 0 Å². The maximum atomic E-state index is 8.97. The topological polar surface area (TPSA) is 71.5 Å². The van der Waals surface area contributed by atoms with Crippen LogP contribution in [0.4, 0.5) is 0 Å². The highest BCUT2D eigenvalue weighted by molar-refractivity contribution is 5.95. The summed E-state index contributed by atoms with van der Waals surface area (Å²) in [7, 11) is 0. The van der Waals surface area contributed by atoms with E-state index in [2.05, 4.69) is 9.98 Å². The lowest BCUT2D eigenvalue weighted by Gasteiger charge is -2.01. The number of aliphatic hydroxyl groups is 1. The van der Waals surface area contributed by atoms with Crippen LogP contribution in [0.25, 0.3) is 0 Å². The lowest BCUT2D eigenvalue weighted by molar-refractivity contribution is 0.204. The second-order valence-electron chi connectivity index (χ2n) is 2.79. The Kier molecular flexibility index (Phi) is 3.40. The Bertz CT molecular complexity index is 282. The summed E-state index contributed by atoms with van der Waals surface area (Å²) in [6.07, 6.45) is 1.18. The zero-order chi connectivity index (χ0) is 9.68. The van der Waals surface area contributed by atoms with Crippen molar-refractivity contribution in [3.63, 3.8) is 0 Å². The van der Waals surface area contributed by atoms with Gasteiger partial charge in [0.2, 0.25) is 0 Å². The highest BCUT2D eigenvalue weighted by Gasteiger charge is 1.98. The largest absolute Gasteiger partial charge is 0.391 e. The van der Waals surface area contributed by atoms with Crippen LogP contribution in [0, 0.1) is 0 Å². The van der Waals surface area contributed by atoms with Gasteiger partial charge in [-0.25, -0.2) is 0 Å². The number of aliphatic hydroxyl groups excluding tert-OH is 1. The minimum absolute atomic E-state index is 0.308. The van der Waals surface area contributed by atoms with Gasteiger partial charge in [0.1, 0.15) is 11.5 Å². The van der Waals surface area contributed by atoms with Crippen LogP contribution in [-0.4, -0.2) is 28.6 Å². The quantitative estimate of drug-likeness (QED) is 0.513. The average molecular weight is 179 g/mol. The molecule has 1 atom stereocenters. The number of rotatable bonds is 3. The van der Waals surface area contributed by atoms with Crippen molar-refractivity contribution in [1.82, 2.24) is 4.98 Å². The van der Waals surface area contributed by atoms with E-state index in [1.165, 1.54) is 0 Å². The number of aromatic nitrogens is 1. The number of pyridine rings is 1. The molecule has 1 heterocycles. The molecule has 0 radical (unpaired) electrons. The van der Waals surface area contributed by atoms with Crippen LogP contribution in [0.15, 0.2) is 29.4 Å². The van der Waals surface area contributed by atoms with Crippen LogP contribution in [0.1, 0.15) is 12.6 Å². The van der Waals surface area contributed by atoms with Crippen molar-refractivity contribution in [3.05, 3.63) is 30.1 Å². The second-order valence-corrected chi connectivity index (χ2v) is 2.79. The molecule has 0 amide bonds. The van der Waals surface area contributed by atoms with Gasteiger partial charge in [0.15, 0.2) is 0 Å². The van der Waals surface area contributed by atoms with Crippen LogP contribution in [-0.2, 0) is 0 Å². The third-order valence-corrected chi connectivity index (χ3v) is 1.45. The molecule has 1 aromatic heterocycles. The van der Waals surface area contributed by atoms with Crippen LogP contribution in [0.3, 0.4) is 0 Å². The molecule has 1 unspecified atom stereocenters. The molecule has 0 aromatic carbocycles. The molecule has 4 heteroatoms. The molecule has 0 aliphatic rings. The molecular formula is C9H13N3O. The van der Waals surface area contributed by atoms with Gasteiger partial charge in [-0.3, -0.25) is 9.98 Å². The van der Waals surface area contributed by atoms with Crippen molar-refractivity contribution in [1.29, 1.82) is 0 Å². The Balaban J connectivity index is 2.68. The minimum atomic E-state index is -0.470.